The van der Waals surface area contributed by atoms with Crippen molar-refractivity contribution in [2.75, 3.05) is 6.61 Å². The van der Waals surface area contributed by atoms with Crippen LogP contribution in [-0.2, 0) is 10.3 Å². The van der Waals surface area contributed by atoms with Crippen molar-refractivity contribution in [3.63, 3.8) is 0 Å². The van der Waals surface area contributed by atoms with E-state index < -0.39 is 35.2 Å². The lowest BCUT2D eigenvalue weighted by atomic mass is 9.73. The largest absolute Gasteiger partial charge is 0.382 e. The molecular formula is C38H38O5. The molecule has 0 unspecified atom stereocenters. The second-order valence-corrected chi connectivity index (χ2v) is 11.8. The Bertz CT molecular complexity index is 1620. The molecule has 4 aromatic rings. The zero-order valence-corrected chi connectivity index (χ0v) is 25.3. The van der Waals surface area contributed by atoms with Gasteiger partial charge < -0.3 is 9.84 Å². The first kappa shape index (κ1) is 30.3. The van der Waals surface area contributed by atoms with Gasteiger partial charge in [0.15, 0.2) is 17.3 Å². The summed E-state index contributed by atoms with van der Waals surface area (Å²) in [5, 5.41) is 13.0. The van der Waals surface area contributed by atoms with Crippen molar-refractivity contribution in [1.82, 2.24) is 0 Å². The van der Waals surface area contributed by atoms with E-state index in [4.69, 9.17) is 4.74 Å². The highest BCUT2D eigenvalue weighted by molar-refractivity contribution is 6.10. The van der Waals surface area contributed by atoms with Gasteiger partial charge in [-0.1, -0.05) is 119 Å². The molecule has 220 valence electrons. The molecule has 0 radical (unpaired) electrons. The Hall–Kier alpha value is -4.19. The van der Waals surface area contributed by atoms with Gasteiger partial charge in [-0.05, 0) is 40.2 Å². The van der Waals surface area contributed by atoms with Gasteiger partial charge in [-0.15, -0.1) is 0 Å². The van der Waals surface area contributed by atoms with Gasteiger partial charge in [0.1, 0.15) is 11.7 Å². The lowest BCUT2D eigenvalue weighted by Gasteiger charge is -2.36. The normalized spacial score (nSPS) is 23.2. The van der Waals surface area contributed by atoms with Crippen molar-refractivity contribution >= 4 is 17.3 Å². The van der Waals surface area contributed by atoms with Crippen molar-refractivity contribution in [1.29, 1.82) is 0 Å². The fourth-order valence-electron chi connectivity index (χ4n) is 6.39. The molecule has 5 atom stereocenters. The highest BCUT2D eigenvalue weighted by atomic mass is 16.5. The summed E-state index contributed by atoms with van der Waals surface area (Å²) in [5.74, 6) is -4.72. The number of Topliss-reactive ketones (excluding diaryl/α,β-unsaturated/α-hetero) is 3. The van der Waals surface area contributed by atoms with Crippen LogP contribution in [0.5, 0.6) is 0 Å². The standard InChI is InChI=1S/C38H38O5/c1-6-43-37-32(35(40)28-17-9-24(3)10-18-28)31(34(39)27-15-7-23(2)8-16-27)33(36(41)29-19-11-25(4)12-20-29)38(37,42)30-21-13-26(5)14-22-30/h7-22,31-33,37,42H,6H2,1-5H3/t31-,32+,33-,37-,38+/m1/s1. The Kier molecular flexibility index (Phi) is 8.59. The van der Waals surface area contributed by atoms with Crippen molar-refractivity contribution < 1.29 is 24.2 Å². The number of carbonyl (C=O) groups excluding carboxylic acids is 3. The molecule has 0 saturated heterocycles. The van der Waals surface area contributed by atoms with Crippen molar-refractivity contribution in [3.05, 3.63) is 142 Å². The molecule has 1 aliphatic carbocycles. The van der Waals surface area contributed by atoms with Crippen molar-refractivity contribution in [2.45, 2.75) is 46.3 Å². The molecule has 5 nitrogen and oxygen atoms in total. The van der Waals surface area contributed by atoms with Gasteiger partial charge in [-0.2, -0.15) is 0 Å². The molecule has 1 aliphatic rings. The monoisotopic (exact) mass is 574 g/mol. The summed E-state index contributed by atoms with van der Waals surface area (Å²) >= 11 is 0. The summed E-state index contributed by atoms with van der Waals surface area (Å²) in [6.07, 6.45) is -1.16. The molecule has 43 heavy (non-hydrogen) atoms. The van der Waals surface area contributed by atoms with Crippen LogP contribution in [0.1, 0.15) is 65.8 Å². The molecular weight excluding hydrogens is 536 g/mol. The zero-order chi connectivity index (χ0) is 30.9. The molecule has 1 fully saturated rings. The summed E-state index contributed by atoms with van der Waals surface area (Å²) in [6, 6.07) is 28.6. The van der Waals surface area contributed by atoms with Crippen molar-refractivity contribution in [2.24, 2.45) is 17.8 Å². The van der Waals surface area contributed by atoms with Gasteiger partial charge in [-0.3, -0.25) is 14.4 Å². The number of aliphatic hydroxyl groups is 1. The summed E-state index contributed by atoms with van der Waals surface area (Å²) < 4.78 is 6.28. The number of ketones is 3. The molecule has 1 N–H and O–H groups in total. The Morgan fingerprint density at radius 1 is 0.581 bits per heavy atom. The Labute approximate surface area is 253 Å². The topological polar surface area (TPSA) is 80.7 Å². The van der Waals surface area contributed by atoms with E-state index in [2.05, 4.69) is 0 Å². The second kappa shape index (κ2) is 12.2. The third-order valence-electron chi connectivity index (χ3n) is 8.74. The first-order valence-electron chi connectivity index (χ1n) is 14.8. The third kappa shape index (κ3) is 5.63. The molecule has 0 amide bonds. The quantitative estimate of drug-likeness (QED) is 0.217. The SMILES string of the molecule is CCO[C@@H]1[C@H](C(=O)c2ccc(C)cc2)[C@@H](C(=O)c2ccc(C)cc2)[C@H](C(=O)c2ccc(C)cc2)[C@@]1(O)c1ccc(C)cc1. The van der Waals surface area contributed by atoms with E-state index in [1.54, 1.807) is 55.5 Å². The average molecular weight is 575 g/mol. The number of hydrogen-bond donors (Lipinski definition) is 1. The van der Waals surface area contributed by atoms with E-state index in [0.717, 1.165) is 22.3 Å². The van der Waals surface area contributed by atoms with Crippen LogP contribution in [0.15, 0.2) is 97.1 Å². The maximum absolute atomic E-state index is 14.6. The molecule has 0 aromatic heterocycles. The maximum Gasteiger partial charge on any atom is 0.170 e. The summed E-state index contributed by atoms with van der Waals surface area (Å²) in [5.41, 5.74) is 3.51. The number of rotatable bonds is 9. The average Bonchev–Trinajstić information content (AvgIpc) is 3.26. The Balaban J connectivity index is 1.79. The van der Waals surface area contributed by atoms with Gasteiger partial charge in [0, 0.05) is 29.2 Å². The number of hydrogen-bond acceptors (Lipinski definition) is 5. The minimum atomic E-state index is -1.97. The van der Waals surface area contributed by atoms with Gasteiger partial charge in [0.2, 0.25) is 0 Å². The van der Waals surface area contributed by atoms with Crippen LogP contribution in [0.25, 0.3) is 0 Å². The van der Waals surface area contributed by atoms with E-state index >= 15 is 0 Å². The first-order chi connectivity index (χ1) is 20.6. The molecule has 5 heteroatoms. The van der Waals surface area contributed by atoms with E-state index in [1.165, 1.54) is 0 Å². The molecule has 0 spiro atoms. The van der Waals surface area contributed by atoms with Gasteiger partial charge in [0.05, 0.1) is 11.8 Å². The van der Waals surface area contributed by atoms with E-state index in [1.807, 2.05) is 76.2 Å². The van der Waals surface area contributed by atoms with E-state index in [-0.39, 0.29) is 18.2 Å². The first-order valence-corrected chi connectivity index (χ1v) is 14.8. The minimum absolute atomic E-state index is 0.174. The predicted octanol–water partition coefficient (Wildman–Crippen LogP) is 7.02. The van der Waals surface area contributed by atoms with Crippen LogP contribution in [-0.4, -0.2) is 35.2 Å². The number of carbonyl (C=O) groups is 3. The third-order valence-corrected chi connectivity index (χ3v) is 8.74. The number of ether oxygens (including phenoxy) is 1. The summed E-state index contributed by atoms with van der Waals surface area (Å²) in [4.78, 5) is 43.8. The van der Waals surface area contributed by atoms with E-state index in [9.17, 15) is 19.5 Å². The van der Waals surface area contributed by atoms with Crippen molar-refractivity contribution in [3.8, 4) is 0 Å². The van der Waals surface area contributed by atoms with E-state index in [0.29, 0.717) is 22.3 Å². The highest BCUT2D eigenvalue weighted by Gasteiger charge is 2.67. The molecule has 0 bridgehead atoms. The summed E-state index contributed by atoms with van der Waals surface area (Å²) in [6.45, 7) is 9.69. The molecule has 5 rings (SSSR count). The Morgan fingerprint density at radius 2 is 0.930 bits per heavy atom. The lowest BCUT2D eigenvalue weighted by molar-refractivity contribution is -0.115. The minimum Gasteiger partial charge on any atom is -0.382 e. The zero-order valence-electron chi connectivity index (χ0n) is 25.3. The van der Waals surface area contributed by atoms with Crippen LogP contribution in [0.4, 0.5) is 0 Å². The summed E-state index contributed by atoms with van der Waals surface area (Å²) in [7, 11) is 0. The molecule has 0 heterocycles. The Morgan fingerprint density at radius 3 is 1.33 bits per heavy atom. The molecule has 1 saturated carbocycles. The second-order valence-electron chi connectivity index (χ2n) is 11.8. The number of benzene rings is 4. The van der Waals surface area contributed by atoms with Crippen LogP contribution >= 0.6 is 0 Å². The predicted molar refractivity (Wildman–Crippen MR) is 167 cm³/mol. The fourth-order valence-corrected chi connectivity index (χ4v) is 6.39. The van der Waals surface area contributed by atoms with Crippen LogP contribution in [0.2, 0.25) is 0 Å². The molecule has 0 aliphatic heterocycles. The van der Waals surface area contributed by atoms with Crippen LogP contribution < -0.4 is 0 Å². The maximum atomic E-state index is 14.6. The molecule has 4 aromatic carbocycles. The van der Waals surface area contributed by atoms with Crippen LogP contribution in [0, 0.1) is 45.4 Å². The van der Waals surface area contributed by atoms with Gasteiger partial charge >= 0.3 is 0 Å². The number of aryl methyl sites for hydroxylation is 4. The fraction of sp³-hybridized carbons (Fsp3) is 0.289. The van der Waals surface area contributed by atoms with Gasteiger partial charge in [0.25, 0.3) is 0 Å². The van der Waals surface area contributed by atoms with Gasteiger partial charge in [-0.25, -0.2) is 0 Å². The highest BCUT2D eigenvalue weighted by Crippen LogP contribution is 2.55. The van der Waals surface area contributed by atoms with Crippen LogP contribution in [0.3, 0.4) is 0 Å². The smallest absolute Gasteiger partial charge is 0.170 e. The lowest BCUT2D eigenvalue weighted by Crippen LogP contribution is -2.47.